The lowest BCUT2D eigenvalue weighted by atomic mass is 9.77. The molecule has 3 fully saturated rings. The predicted octanol–water partition coefficient (Wildman–Crippen LogP) is 1.34. The fourth-order valence-corrected chi connectivity index (χ4v) is 5.18. The minimum absolute atomic E-state index is 0. The van der Waals surface area contributed by atoms with Crippen molar-refractivity contribution in [2.75, 3.05) is 19.7 Å². The van der Waals surface area contributed by atoms with Crippen LogP contribution < -0.4 is 10.0 Å². The molecule has 0 aromatic carbocycles. The molecule has 2 saturated carbocycles. The quantitative estimate of drug-likeness (QED) is 0.716. The average molecular weight is 427 g/mol. The van der Waals surface area contributed by atoms with E-state index in [1.54, 1.807) is 11.6 Å². The first-order valence-corrected chi connectivity index (χ1v) is 10.3. The molecule has 0 unspecified atom stereocenters. The van der Waals surface area contributed by atoms with Crippen molar-refractivity contribution in [1.82, 2.24) is 19.6 Å². The largest absolute Gasteiger partial charge is 0.376 e. The molecule has 150 valence electrons. The molecule has 3 aliphatic rings. The Kier molecular flexibility index (Phi) is 7.38. The molecule has 2 heterocycles. The number of imidazole rings is 1. The van der Waals surface area contributed by atoms with Gasteiger partial charge >= 0.3 is 0 Å². The molecule has 7 nitrogen and oxygen atoms in total. The first-order valence-electron chi connectivity index (χ1n) is 8.84. The van der Waals surface area contributed by atoms with Gasteiger partial charge in [0.1, 0.15) is 0 Å². The lowest BCUT2D eigenvalue weighted by molar-refractivity contribution is -0.0170. The molecular formula is C16H28Cl2N4O3S. The molecule has 2 N–H and O–H groups in total. The molecule has 0 radical (unpaired) electrons. The summed E-state index contributed by atoms with van der Waals surface area (Å²) in [6.45, 7) is 2.76. The third-order valence-electron chi connectivity index (χ3n) is 5.53. The van der Waals surface area contributed by atoms with Crippen LogP contribution in [0.1, 0.15) is 25.7 Å². The fourth-order valence-electron chi connectivity index (χ4n) is 3.92. The highest BCUT2D eigenvalue weighted by atomic mass is 35.5. The van der Waals surface area contributed by atoms with Crippen molar-refractivity contribution < 1.29 is 13.2 Å². The Labute approximate surface area is 167 Å². The molecule has 4 rings (SSSR count). The van der Waals surface area contributed by atoms with Gasteiger partial charge in [-0.1, -0.05) is 0 Å². The van der Waals surface area contributed by atoms with Gasteiger partial charge in [0.15, 0.2) is 5.03 Å². The third kappa shape index (κ3) is 4.91. The maximum absolute atomic E-state index is 12.6. The molecule has 0 bridgehead atoms. The van der Waals surface area contributed by atoms with Crippen LogP contribution in [0.25, 0.3) is 0 Å². The van der Waals surface area contributed by atoms with Crippen molar-refractivity contribution in [3.8, 4) is 0 Å². The molecule has 1 aromatic heterocycles. The lowest BCUT2D eigenvalue weighted by Crippen LogP contribution is -2.50. The SMILES string of the molecule is Cl.Cl.Cn1cnc(S(=O)(=O)N[C@H]2C[C@H]3CNC[C@H]3C[C@@H]2OCC2CC2)c1. The molecule has 10 heteroatoms. The van der Waals surface area contributed by atoms with Crippen molar-refractivity contribution in [1.29, 1.82) is 0 Å². The van der Waals surface area contributed by atoms with E-state index in [1.807, 2.05) is 0 Å². The van der Waals surface area contributed by atoms with Crippen LogP contribution in [0.3, 0.4) is 0 Å². The smallest absolute Gasteiger partial charge is 0.259 e. The second kappa shape index (κ2) is 8.75. The van der Waals surface area contributed by atoms with Gasteiger partial charge in [0, 0.05) is 25.9 Å². The normalized spacial score (nSPS) is 31.0. The van der Waals surface area contributed by atoms with Crippen molar-refractivity contribution in [2.24, 2.45) is 24.8 Å². The standard InChI is InChI=1S/C16H26N4O3S.2ClH/c1-20-8-16(18-10-20)24(21,22)19-14-4-12-6-17-7-13(12)5-15(14)23-9-11-2-3-11;;/h8,10-15,17,19H,2-7,9H2,1H3;2*1H/t12-,13+,14-,15-;;/m0../s1. The van der Waals surface area contributed by atoms with Gasteiger partial charge in [-0.25, -0.2) is 18.1 Å². The van der Waals surface area contributed by atoms with E-state index in [1.165, 1.54) is 25.4 Å². The first-order chi connectivity index (χ1) is 11.5. The molecule has 1 aliphatic heterocycles. The Hall–Kier alpha value is -0.380. The van der Waals surface area contributed by atoms with Crippen LogP contribution in [0.2, 0.25) is 0 Å². The molecule has 4 atom stereocenters. The third-order valence-corrected chi connectivity index (χ3v) is 6.90. The molecule has 0 spiro atoms. The van der Waals surface area contributed by atoms with E-state index in [0.29, 0.717) is 17.8 Å². The number of aryl methyl sites for hydroxylation is 1. The summed E-state index contributed by atoms with van der Waals surface area (Å²) in [6.07, 6.45) is 7.25. The maximum Gasteiger partial charge on any atom is 0.259 e. The van der Waals surface area contributed by atoms with E-state index < -0.39 is 10.0 Å². The van der Waals surface area contributed by atoms with Crippen LogP contribution in [-0.2, 0) is 21.8 Å². The minimum Gasteiger partial charge on any atom is -0.376 e. The number of nitrogens with one attached hydrogen (secondary N) is 2. The van der Waals surface area contributed by atoms with Crippen molar-refractivity contribution in [3.63, 3.8) is 0 Å². The number of ether oxygens (including phenoxy) is 1. The average Bonchev–Trinajstić information content (AvgIpc) is 3.07. The zero-order valence-corrected chi connectivity index (χ0v) is 17.3. The number of nitrogens with zero attached hydrogens (tertiary/aromatic N) is 2. The molecule has 26 heavy (non-hydrogen) atoms. The van der Waals surface area contributed by atoms with Crippen LogP contribution >= 0.6 is 24.8 Å². The summed E-state index contributed by atoms with van der Waals surface area (Å²) in [5, 5.41) is 3.51. The van der Waals surface area contributed by atoms with E-state index in [-0.39, 0.29) is 42.0 Å². The monoisotopic (exact) mass is 426 g/mol. The number of hydrogen-bond donors (Lipinski definition) is 2. The summed E-state index contributed by atoms with van der Waals surface area (Å²) in [4.78, 5) is 3.99. The van der Waals surface area contributed by atoms with Crippen molar-refractivity contribution in [2.45, 2.75) is 42.9 Å². The molecule has 2 aliphatic carbocycles. The summed E-state index contributed by atoms with van der Waals surface area (Å²) in [7, 11) is -1.84. The number of rotatable bonds is 6. The van der Waals surface area contributed by atoms with Gasteiger partial charge in [-0.2, -0.15) is 0 Å². The lowest BCUT2D eigenvalue weighted by Gasteiger charge is -2.38. The predicted molar refractivity (Wildman–Crippen MR) is 103 cm³/mol. The number of aromatic nitrogens is 2. The summed E-state index contributed by atoms with van der Waals surface area (Å²) in [5.74, 6) is 1.81. The topological polar surface area (TPSA) is 85.2 Å². The first kappa shape index (κ1) is 21.9. The fraction of sp³-hybridized carbons (Fsp3) is 0.812. The van der Waals surface area contributed by atoms with Gasteiger partial charge in [-0.05, 0) is 56.5 Å². The Bertz CT molecular complexity index is 695. The summed E-state index contributed by atoms with van der Waals surface area (Å²) >= 11 is 0. The second-order valence-electron chi connectivity index (χ2n) is 7.57. The van der Waals surface area contributed by atoms with E-state index in [9.17, 15) is 8.42 Å². The zero-order valence-electron chi connectivity index (χ0n) is 14.8. The molecule has 1 aromatic rings. The van der Waals surface area contributed by atoms with E-state index in [4.69, 9.17) is 4.74 Å². The molecule has 1 saturated heterocycles. The Morgan fingerprint density at radius 3 is 2.58 bits per heavy atom. The van der Waals surface area contributed by atoms with Gasteiger partial charge in [-0.3, -0.25) is 0 Å². The zero-order chi connectivity index (χ0) is 16.7. The second-order valence-corrected chi connectivity index (χ2v) is 9.23. The maximum atomic E-state index is 12.6. The van der Waals surface area contributed by atoms with Crippen LogP contribution in [0.4, 0.5) is 0 Å². The van der Waals surface area contributed by atoms with Gasteiger partial charge in [-0.15, -0.1) is 24.8 Å². The van der Waals surface area contributed by atoms with Crippen molar-refractivity contribution >= 4 is 34.8 Å². The Morgan fingerprint density at radius 1 is 1.27 bits per heavy atom. The Morgan fingerprint density at radius 2 is 1.96 bits per heavy atom. The highest BCUT2D eigenvalue weighted by molar-refractivity contribution is 7.89. The van der Waals surface area contributed by atoms with Gasteiger partial charge in [0.05, 0.1) is 12.4 Å². The summed E-state index contributed by atoms with van der Waals surface area (Å²) in [6, 6.07) is -0.170. The minimum atomic E-state index is -3.61. The summed E-state index contributed by atoms with van der Waals surface area (Å²) < 4.78 is 35.9. The van der Waals surface area contributed by atoms with E-state index in [0.717, 1.165) is 32.5 Å². The summed E-state index contributed by atoms with van der Waals surface area (Å²) in [5.41, 5.74) is 0. The van der Waals surface area contributed by atoms with Crippen molar-refractivity contribution in [3.05, 3.63) is 12.5 Å². The molecule has 0 amide bonds. The number of hydrogen-bond acceptors (Lipinski definition) is 5. The number of fused-ring (bicyclic) bond motifs is 1. The highest BCUT2D eigenvalue weighted by Gasteiger charge is 2.42. The number of halogens is 2. The highest BCUT2D eigenvalue weighted by Crippen LogP contribution is 2.36. The Balaban J connectivity index is 0.00000121. The number of sulfonamides is 1. The van der Waals surface area contributed by atoms with Crippen LogP contribution in [0, 0.1) is 17.8 Å². The van der Waals surface area contributed by atoms with Crippen LogP contribution in [0.5, 0.6) is 0 Å². The van der Waals surface area contributed by atoms with Gasteiger partial charge in [0.2, 0.25) is 0 Å². The van der Waals surface area contributed by atoms with Gasteiger partial charge < -0.3 is 14.6 Å². The van der Waals surface area contributed by atoms with Crippen LogP contribution in [-0.4, -0.2) is 49.8 Å². The van der Waals surface area contributed by atoms with Crippen LogP contribution in [0.15, 0.2) is 17.6 Å². The van der Waals surface area contributed by atoms with E-state index >= 15 is 0 Å². The molecular weight excluding hydrogens is 399 g/mol. The van der Waals surface area contributed by atoms with E-state index in [2.05, 4.69) is 15.0 Å². The van der Waals surface area contributed by atoms with Gasteiger partial charge in [0.25, 0.3) is 10.0 Å².